The van der Waals surface area contributed by atoms with E-state index in [9.17, 15) is 0 Å². The lowest BCUT2D eigenvalue weighted by Crippen LogP contribution is -2.24. The van der Waals surface area contributed by atoms with Crippen molar-refractivity contribution in [3.05, 3.63) is 23.9 Å². The largest absolute Gasteiger partial charge is 0.347 e. The predicted molar refractivity (Wildman–Crippen MR) is 55.7 cm³/mol. The highest BCUT2D eigenvalue weighted by atomic mass is 15.0. The molecule has 2 heteroatoms. The van der Waals surface area contributed by atoms with Crippen LogP contribution in [-0.4, -0.2) is 12.4 Å². The first-order valence-corrected chi connectivity index (χ1v) is 5.01. The molecule has 0 saturated heterocycles. The third-order valence-corrected chi connectivity index (χ3v) is 2.67. The summed E-state index contributed by atoms with van der Waals surface area (Å²) in [5.41, 5.74) is 1.41. The number of hydrogen-bond acceptors (Lipinski definition) is 2. The minimum Gasteiger partial charge on any atom is -0.347 e. The van der Waals surface area contributed by atoms with Gasteiger partial charge in [-0.3, -0.25) is 4.99 Å². The van der Waals surface area contributed by atoms with Crippen molar-refractivity contribution < 1.29 is 0 Å². The fourth-order valence-corrected chi connectivity index (χ4v) is 1.75. The average Bonchev–Trinajstić information content (AvgIpc) is 2.20. The molecule has 2 aliphatic rings. The Bertz CT molecular complexity index is 274. The van der Waals surface area contributed by atoms with Crippen LogP contribution >= 0.6 is 0 Å². The predicted octanol–water partition coefficient (Wildman–Crippen LogP) is 2.25. The fourth-order valence-electron chi connectivity index (χ4n) is 1.75. The lowest BCUT2D eigenvalue weighted by molar-refractivity contribution is 0.520. The van der Waals surface area contributed by atoms with Crippen LogP contribution in [0, 0.1) is 5.92 Å². The molecule has 1 N–H and O–H groups in total. The van der Waals surface area contributed by atoms with Gasteiger partial charge in [0.25, 0.3) is 0 Å². The van der Waals surface area contributed by atoms with Gasteiger partial charge in [0.1, 0.15) is 5.84 Å². The molecule has 1 aliphatic heterocycles. The molecule has 1 aliphatic carbocycles. The monoisotopic (exact) mass is 176 g/mol. The molecule has 2 rings (SSSR count). The molecule has 0 radical (unpaired) electrons. The number of aliphatic imine (C=N–C) groups is 1. The topological polar surface area (TPSA) is 24.4 Å². The number of nitrogens with one attached hydrogen (secondary N) is 1. The number of rotatable bonds is 1. The van der Waals surface area contributed by atoms with Crippen LogP contribution in [0.1, 0.15) is 26.2 Å². The van der Waals surface area contributed by atoms with E-state index < -0.39 is 0 Å². The molecule has 2 nitrogen and oxygen atoms in total. The Hall–Kier alpha value is -1.05. The summed E-state index contributed by atoms with van der Waals surface area (Å²) in [6.07, 6.45) is 10.0. The summed E-state index contributed by atoms with van der Waals surface area (Å²) in [6.45, 7) is 3.14. The van der Waals surface area contributed by atoms with Crippen LogP contribution in [0.25, 0.3) is 0 Å². The molecule has 1 atom stereocenters. The summed E-state index contributed by atoms with van der Waals surface area (Å²) in [5.74, 6) is 1.94. The smallest absolute Gasteiger partial charge is 0.128 e. The lowest BCUT2D eigenvalue weighted by atomic mass is 9.90. The maximum absolute atomic E-state index is 4.43. The van der Waals surface area contributed by atoms with Crippen molar-refractivity contribution in [1.82, 2.24) is 5.32 Å². The van der Waals surface area contributed by atoms with Crippen molar-refractivity contribution in [3.8, 4) is 0 Å². The van der Waals surface area contributed by atoms with E-state index >= 15 is 0 Å². The summed E-state index contributed by atoms with van der Waals surface area (Å²) in [7, 11) is 0. The highest BCUT2D eigenvalue weighted by Crippen LogP contribution is 2.23. The average molecular weight is 176 g/mol. The van der Waals surface area contributed by atoms with E-state index in [2.05, 4.69) is 23.3 Å². The number of hydrogen-bond donors (Lipinski definition) is 1. The zero-order chi connectivity index (χ0) is 9.10. The van der Waals surface area contributed by atoms with Crippen molar-refractivity contribution in [2.45, 2.75) is 26.2 Å². The Balaban J connectivity index is 2.04. The van der Waals surface area contributed by atoms with Crippen molar-refractivity contribution in [3.63, 3.8) is 0 Å². The molecular formula is C11H16N2. The van der Waals surface area contributed by atoms with Gasteiger partial charge >= 0.3 is 0 Å². The minimum atomic E-state index is 0.829. The van der Waals surface area contributed by atoms with Crippen LogP contribution in [0.3, 0.4) is 0 Å². The summed E-state index contributed by atoms with van der Waals surface area (Å²) in [5, 5.41) is 3.20. The Labute approximate surface area is 79.4 Å². The van der Waals surface area contributed by atoms with Crippen molar-refractivity contribution in [2.75, 3.05) is 6.54 Å². The Kier molecular flexibility index (Phi) is 2.48. The molecule has 0 amide bonds. The first-order valence-electron chi connectivity index (χ1n) is 5.01. The van der Waals surface area contributed by atoms with Gasteiger partial charge in [0.2, 0.25) is 0 Å². The van der Waals surface area contributed by atoms with Crippen LogP contribution in [0.5, 0.6) is 0 Å². The maximum atomic E-state index is 4.43. The van der Waals surface area contributed by atoms with Gasteiger partial charge in [0, 0.05) is 6.20 Å². The molecular weight excluding hydrogens is 160 g/mol. The number of nitrogens with zero attached hydrogens (tertiary/aromatic N) is 1. The van der Waals surface area contributed by atoms with Crippen LogP contribution in [0.15, 0.2) is 28.9 Å². The molecule has 0 saturated carbocycles. The number of allylic oxidation sites excluding steroid dienone is 1. The van der Waals surface area contributed by atoms with Gasteiger partial charge in [-0.2, -0.15) is 0 Å². The summed E-state index contributed by atoms with van der Waals surface area (Å²) < 4.78 is 0. The second-order valence-corrected chi connectivity index (χ2v) is 3.84. The summed E-state index contributed by atoms with van der Waals surface area (Å²) in [4.78, 5) is 4.43. The van der Waals surface area contributed by atoms with Gasteiger partial charge in [-0.15, -0.1) is 0 Å². The Morgan fingerprint density at radius 1 is 1.54 bits per heavy atom. The van der Waals surface area contributed by atoms with Gasteiger partial charge in [-0.05, 0) is 36.8 Å². The third kappa shape index (κ3) is 2.00. The van der Waals surface area contributed by atoms with E-state index in [1.54, 1.807) is 0 Å². The molecule has 0 fully saturated rings. The molecule has 0 aromatic heterocycles. The standard InChI is InChI=1S/C11H16N2/c1-9-3-5-10(6-4-9)11-12-7-2-8-13-11/h2,5,7,9H,3-4,6,8H2,1H3,(H,12,13). The molecule has 70 valence electrons. The van der Waals surface area contributed by atoms with Gasteiger partial charge in [-0.1, -0.05) is 13.0 Å². The van der Waals surface area contributed by atoms with Gasteiger partial charge < -0.3 is 5.32 Å². The molecule has 0 bridgehead atoms. The van der Waals surface area contributed by atoms with Crippen molar-refractivity contribution >= 4 is 5.84 Å². The second kappa shape index (κ2) is 3.77. The Morgan fingerprint density at radius 3 is 3.08 bits per heavy atom. The van der Waals surface area contributed by atoms with Crippen LogP contribution in [-0.2, 0) is 0 Å². The quantitative estimate of drug-likeness (QED) is 0.651. The van der Waals surface area contributed by atoms with Gasteiger partial charge in [0.05, 0.1) is 6.54 Å². The SMILES string of the molecule is CC1CC=C(C2=NCC=CN2)CC1. The fraction of sp³-hybridized carbons (Fsp3) is 0.545. The van der Waals surface area contributed by atoms with E-state index in [0.717, 1.165) is 18.3 Å². The van der Waals surface area contributed by atoms with Crippen molar-refractivity contribution in [2.24, 2.45) is 10.9 Å². The zero-order valence-electron chi connectivity index (χ0n) is 8.09. The van der Waals surface area contributed by atoms with E-state index in [1.165, 1.54) is 24.8 Å². The lowest BCUT2D eigenvalue weighted by Gasteiger charge is -2.20. The van der Waals surface area contributed by atoms with Crippen molar-refractivity contribution in [1.29, 1.82) is 0 Å². The molecule has 1 heterocycles. The summed E-state index contributed by atoms with van der Waals surface area (Å²) in [6, 6.07) is 0. The van der Waals surface area contributed by atoms with Gasteiger partial charge in [0.15, 0.2) is 0 Å². The van der Waals surface area contributed by atoms with Gasteiger partial charge in [-0.25, -0.2) is 0 Å². The van der Waals surface area contributed by atoms with E-state index in [4.69, 9.17) is 0 Å². The highest BCUT2D eigenvalue weighted by Gasteiger charge is 2.14. The zero-order valence-corrected chi connectivity index (χ0v) is 8.09. The second-order valence-electron chi connectivity index (χ2n) is 3.84. The molecule has 0 spiro atoms. The van der Waals surface area contributed by atoms with Crippen LogP contribution in [0.4, 0.5) is 0 Å². The normalized spacial score (nSPS) is 27.6. The van der Waals surface area contributed by atoms with E-state index in [-0.39, 0.29) is 0 Å². The summed E-state index contributed by atoms with van der Waals surface area (Å²) >= 11 is 0. The van der Waals surface area contributed by atoms with E-state index in [0.29, 0.717) is 0 Å². The molecule has 13 heavy (non-hydrogen) atoms. The van der Waals surface area contributed by atoms with Crippen LogP contribution < -0.4 is 5.32 Å². The maximum Gasteiger partial charge on any atom is 0.128 e. The minimum absolute atomic E-state index is 0.829. The Morgan fingerprint density at radius 2 is 2.46 bits per heavy atom. The third-order valence-electron chi connectivity index (χ3n) is 2.67. The molecule has 0 aromatic rings. The number of amidine groups is 1. The molecule has 0 aromatic carbocycles. The molecule has 1 unspecified atom stereocenters. The van der Waals surface area contributed by atoms with Crippen LogP contribution in [0.2, 0.25) is 0 Å². The van der Waals surface area contributed by atoms with E-state index in [1.807, 2.05) is 12.3 Å². The highest BCUT2D eigenvalue weighted by molar-refractivity contribution is 5.99. The first-order chi connectivity index (χ1) is 6.36. The first kappa shape index (κ1) is 8.54.